The number of nitrogens with zero attached hydrogens (tertiary/aromatic N) is 3. The Morgan fingerprint density at radius 3 is 2.55 bits per heavy atom. The number of imidazole rings is 1. The molecule has 0 aliphatic carbocycles. The molecule has 0 bridgehead atoms. The first-order valence-corrected chi connectivity index (χ1v) is 10.1. The Hall–Kier alpha value is -3.07. The third-order valence-corrected chi connectivity index (χ3v) is 5.07. The number of aromatic nitrogens is 2. The van der Waals surface area contributed by atoms with E-state index >= 15 is 0 Å². The quantitative estimate of drug-likeness (QED) is 0.480. The lowest BCUT2D eigenvalue weighted by molar-refractivity contribution is -0.137. The van der Waals surface area contributed by atoms with Crippen molar-refractivity contribution in [2.75, 3.05) is 19.0 Å². The number of aryl methyl sites for hydroxylation is 1. The number of anilines is 1. The zero-order valence-electron chi connectivity index (χ0n) is 17.0. The van der Waals surface area contributed by atoms with Crippen LogP contribution in [0.3, 0.4) is 0 Å². The molecule has 0 aliphatic heterocycles. The number of nitrogens with one attached hydrogen (secondary N) is 1. The van der Waals surface area contributed by atoms with Gasteiger partial charge in [-0.05, 0) is 49.0 Å². The van der Waals surface area contributed by atoms with E-state index in [-0.39, 0.29) is 0 Å². The van der Waals surface area contributed by atoms with E-state index in [0.717, 1.165) is 36.4 Å². The Labute approximate surface area is 184 Å². The van der Waals surface area contributed by atoms with E-state index in [0.29, 0.717) is 23.9 Å². The summed E-state index contributed by atoms with van der Waals surface area (Å²) in [4.78, 5) is 6.01. The summed E-state index contributed by atoms with van der Waals surface area (Å²) in [5.74, 6) is 0.749. The van der Waals surface area contributed by atoms with Gasteiger partial charge in [0.2, 0.25) is 0 Å². The third-order valence-electron chi connectivity index (χ3n) is 4.71. The molecule has 0 radical (unpaired) electrons. The summed E-state index contributed by atoms with van der Waals surface area (Å²) in [6, 6.07) is 12.5. The first-order chi connectivity index (χ1) is 14.9. The van der Waals surface area contributed by atoms with Crippen LogP contribution in [-0.2, 0) is 19.3 Å². The number of hydrogen-bond donors (Lipinski definition) is 1. The maximum atomic E-state index is 12.8. The van der Waals surface area contributed by atoms with Crippen molar-refractivity contribution in [2.24, 2.45) is 0 Å². The highest BCUT2D eigenvalue weighted by Crippen LogP contribution is 2.30. The lowest BCUT2D eigenvalue weighted by Gasteiger charge is -2.27. The van der Waals surface area contributed by atoms with E-state index in [1.165, 1.54) is 12.1 Å². The molecular formula is C22H23F3N4OS. The van der Waals surface area contributed by atoms with Crippen LogP contribution in [0.5, 0.6) is 5.75 Å². The van der Waals surface area contributed by atoms with E-state index in [2.05, 4.69) is 10.3 Å². The van der Waals surface area contributed by atoms with Gasteiger partial charge >= 0.3 is 6.18 Å². The summed E-state index contributed by atoms with van der Waals surface area (Å²) in [7, 11) is 1.61. The fraction of sp³-hybridized carbons (Fsp3) is 0.273. The second-order valence-electron chi connectivity index (χ2n) is 6.89. The van der Waals surface area contributed by atoms with Crippen LogP contribution in [0.25, 0.3) is 0 Å². The summed E-state index contributed by atoms with van der Waals surface area (Å²) in [5, 5.41) is 3.48. The van der Waals surface area contributed by atoms with E-state index in [9.17, 15) is 13.2 Å². The van der Waals surface area contributed by atoms with Crippen LogP contribution >= 0.6 is 12.2 Å². The Kier molecular flexibility index (Phi) is 7.51. The molecule has 0 saturated heterocycles. The Morgan fingerprint density at radius 2 is 1.90 bits per heavy atom. The molecule has 2 aromatic carbocycles. The number of para-hydroxylation sites is 1. The Morgan fingerprint density at radius 1 is 1.16 bits per heavy atom. The molecule has 3 aromatic rings. The number of alkyl halides is 3. The molecular weight excluding hydrogens is 425 g/mol. The van der Waals surface area contributed by atoms with E-state index in [1.54, 1.807) is 19.6 Å². The molecule has 1 N–H and O–H groups in total. The number of ether oxygens (including phenoxy) is 1. The molecule has 0 amide bonds. The highest BCUT2D eigenvalue weighted by Gasteiger charge is 2.30. The molecule has 5 nitrogen and oxygen atoms in total. The standard InChI is InChI=1S/C22H23F3N4OS/c1-30-20-6-3-2-5-17(20)15-29(13-4-12-28-14-11-26-16-28)21(31)27-19-9-7-18(8-10-19)22(23,24)25/h2-3,5-11,14,16H,4,12-13,15H2,1H3,(H,27,31). The molecule has 31 heavy (non-hydrogen) atoms. The van der Waals surface area contributed by atoms with Crippen LogP contribution in [0.15, 0.2) is 67.3 Å². The van der Waals surface area contributed by atoms with Gasteiger partial charge in [-0.1, -0.05) is 18.2 Å². The molecule has 0 atom stereocenters. The number of rotatable bonds is 8. The zero-order valence-corrected chi connectivity index (χ0v) is 17.8. The van der Waals surface area contributed by atoms with Crippen molar-refractivity contribution in [1.82, 2.24) is 14.5 Å². The van der Waals surface area contributed by atoms with Crippen molar-refractivity contribution in [3.8, 4) is 5.75 Å². The molecule has 0 fully saturated rings. The minimum absolute atomic E-state index is 0.427. The summed E-state index contributed by atoms with van der Waals surface area (Å²) in [6.07, 6.45) is 1.80. The van der Waals surface area contributed by atoms with Crippen molar-refractivity contribution in [3.05, 3.63) is 78.4 Å². The van der Waals surface area contributed by atoms with Gasteiger partial charge in [0.15, 0.2) is 5.11 Å². The summed E-state index contributed by atoms with van der Waals surface area (Å²) < 4.78 is 45.8. The number of hydrogen-bond acceptors (Lipinski definition) is 3. The number of thiocarbonyl (C=S) groups is 1. The average Bonchev–Trinajstić information content (AvgIpc) is 3.26. The minimum Gasteiger partial charge on any atom is -0.496 e. The zero-order chi connectivity index (χ0) is 22.3. The van der Waals surface area contributed by atoms with Crippen molar-refractivity contribution in [3.63, 3.8) is 0 Å². The predicted molar refractivity (Wildman–Crippen MR) is 118 cm³/mol. The number of benzene rings is 2. The average molecular weight is 449 g/mol. The normalized spacial score (nSPS) is 11.2. The topological polar surface area (TPSA) is 42.3 Å². The van der Waals surface area contributed by atoms with Gasteiger partial charge < -0.3 is 19.5 Å². The van der Waals surface area contributed by atoms with Crippen molar-refractivity contribution in [1.29, 1.82) is 0 Å². The lowest BCUT2D eigenvalue weighted by atomic mass is 10.2. The van der Waals surface area contributed by atoms with Crippen LogP contribution < -0.4 is 10.1 Å². The van der Waals surface area contributed by atoms with E-state index < -0.39 is 11.7 Å². The van der Waals surface area contributed by atoms with Gasteiger partial charge in [-0.25, -0.2) is 4.98 Å². The third kappa shape index (κ3) is 6.45. The second kappa shape index (κ2) is 10.3. The molecule has 0 aliphatic rings. The van der Waals surface area contributed by atoms with Gasteiger partial charge in [0.25, 0.3) is 0 Å². The lowest BCUT2D eigenvalue weighted by Crippen LogP contribution is -2.35. The highest BCUT2D eigenvalue weighted by atomic mass is 32.1. The predicted octanol–water partition coefficient (Wildman–Crippen LogP) is 5.20. The minimum atomic E-state index is -4.37. The Balaban J connectivity index is 1.71. The van der Waals surface area contributed by atoms with Gasteiger partial charge in [-0.3, -0.25) is 0 Å². The summed E-state index contributed by atoms with van der Waals surface area (Å²) in [6.45, 7) is 1.91. The van der Waals surface area contributed by atoms with Crippen molar-refractivity contribution >= 4 is 23.0 Å². The summed E-state index contributed by atoms with van der Waals surface area (Å²) >= 11 is 5.59. The van der Waals surface area contributed by atoms with Crippen LogP contribution in [0.1, 0.15) is 17.5 Å². The first kappa shape index (κ1) is 22.6. The molecule has 0 saturated carbocycles. The fourth-order valence-corrected chi connectivity index (χ4v) is 3.37. The SMILES string of the molecule is COc1ccccc1CN(CCCn1ccnc1)C(=S)Nc1ccc(C(F)(F)F)cc1. The second-order valence-corrected chi connectivity index (χ2v) is 7.28. The maximum absolute atomic E-state index is 12.8. The van der Waals surface area contributed by atoms with Crippen LogP contribution in [0.2, 0.25) is 0 Å². The monoisotopic (exact) mass is 448 g/mol. The molecule has 164 valence electrons. The fourth-order valence-electron chi connectivity index (χ4n) is 3.10. The highest BCUT2D eigenvalue weighted by molar-refractivity contribution is 7.80. The van der Waals surface area contributed by atoms with Gasteiger partial charge in [-0.2, -0.15) is 13.2 Å². The number of methoxy groups -OCH3 is 1. The molecule has 0 spiro atoms. The molecule has 0 unspecified atom stereocenters. The molecule has 3 rings (SSSR count). The largest absolute Gasteiger partial charge is 0.496 e. The van der Waals surface area contributed by atoms with Crippen LogP contribution in [0, 0.1) is 0 Å². The van der Waals surface area contributed by atoms with Gasteiger partial charge in [0.1, 0.15) is 5.75 Å². The van der Waals surface area contributed by atoms with Gasteiger partial charge in [0.05, 0.1) is 19.0 Å². The maximum Gasteiger partial charge on any atom is 0.416 e. The van der Waals surface area contributed by atoms with Crippen molar-refractivity contribution < 1.29 is 17.9 Å². The van der Waals surface area contributed by atoms with Gasteiger partial charge in [0, 0.05) is 43.3 Å². The number of halogens is 3. The molecule has 9 heteroatoms. The van der Waals surface area contributed by atoms with Crippen LogP contribution in [-0.4, -0.2) is 33.2 Å². The first-order valence-electron chi connectivity index (χ1n) is 9.67. The molecule has 1 aromatic heterocycles. The van der Waals surface area contributed by atoms with E-state index in [4.69, 9.17) is 17.0 Å². The van der Waals surface area contributed by atoms with E-state index in [1.807, 2.05) is 39.9 Å². The summed E-state index contributed by atoms with van der Waals surface area (Å²) in [5.41, 5.74) is 0.761. The molecule has 1 heterocycles. The van der Waals surface area contributed by atoms with Gasteiger partial charge in [-0.15, -0.1) is 0 Å². The van der Waals surface area contributed by atoms with Crippen molar-refractivity contribution in [2.45, 2.75) is 25.7 Å². The Bertz CT molecular complexity index is 975. The smallest absolute Gasteiger partial charge is 0.416 e. The van der Waals surface area contributed by atoms with Crippen LogP contribution in [0.4, 0.5) is 18.9 Å².